The van der Waals surface area contributed by atoms with Gasteiger partial charge in [-0.25, -0.2) is 0 Å². The highest BCUT2D eigenvalue weighted by atomic mass is 35.5. The molecule has 0 saturated carbocycles. The standard InChI is InChI=1S/C24H30N2O.ClH/c27-24(23-12-7-15-26(23)19-22-10-5-2-6-11-22)25-16-13-21(14-17-25)18-20-8-3-1-4-9-20;/h1-6,8-11,21,23H,7,12-19H2;1H. The first-order valence-electron chi connectivity index (χ1n) is 10.4. The van der Waals surface area contributed by atoms with Crippen molar-refractivity contribution in [3.63, 3.8) is 0 Å². The maximum atomic E-state index is 13.2. The predicted octanol–water partition coefficient (Wildman–Crippen LogP) is 4.55. The van der Waals surface area contributed by atoms with Crippen molar-refractivity contribution >= 4 is 18.3 Å². The van der Waals surface area contributed by atoms with E-state index in [-0.39, 0.29) is 18.4 Å². The molecule has 2 fully saturated rings. The van der Waals surface area contributed by atoms with Crippen LogP contribution in [0.1, 0.15) is 36.8 Å². The Balaban J connectivity index is 0.00000225. The molecule has 2 heterocycles. The molecule has 0 spiro atoms. The minimum Gasteiger partial charge on any atom is -0.341 e. The van der Waals surface area contributed by atoms with Gasteiger partial charge in [0.1, 0.15) is 0 Å². The number of nitrogens with zero attached hydrogens (tertiary/aromatic N) is 2. The van der Waals surface area contributed by atoms with Crippen LogP contribution < -0.4 is 0 Å². The first-order chi connectivity index (χ1) is 13.3. The lowest BCUT2D eigenvalue weighted by molar-refractivity contribution is -0.137. The fourth-order valence-electron chi connectivity index (χ4n) is 4.63. The lowest BCUT2D eigenvalue weighted by Gasteiger charge is -2.35. The zero-order valence-corrected chi connectivity index (χ0v) is 17.3. The summed E-state index contributed by atoms with van der Waals surface area (Å²) in [6.45, 7) is 3.77. The van der Waals surface area contributed by atoms with Gasteiger partial charge in [0.2, 0.25) is 5.91 Å². The molecule has 0 aliphatic carbocycles. The number of halogens is 1. The Labute approximate surface area is 175 Å². The molecule has 1 amide bonds. The Morgan fingerprint density at radius 3 is 2.07 bits per heavy atom. The van der Waals surface area contributed by atoms with E-state index in [1.807, 2.05) is 0 Å². The number of hydrogen-bond donors (Lipinski definition) is 0. The van der Waals surface area contributed by atoms with Gasteiger partial charge < -0.3 is 4.90 Å². The van der Waals surface area contributed by atoms with Crippen molar-refractivity contribution in [2.45, 2.75) is 44.7 Å². The van der Waals surface area contributed by atoms with Crippen LogP contribution in [0.3, 0.4) is 0 Å². The van der Waals surface area contributed by atoms with E-state index in [1.54, 1.807) is 0 Å². The molecule has 2 aromatic carbocycles. The van der Waals surface area contributed by atoms with E-state index in [2.05, 4.69) is 70.5 Å². The smallest absolute Gasteiger partial charge is 0.239 e. The summed E-state index contributed by atoms with van der Waals surface area (Å²) in [6.07, 6.45) is 5.55. The summed E-state index contributed by atoms with van der Waals surface area (Å²) in [5.41, 5.74) is 2.73. The fourth-order valence-corrected chi connectivity index (χ4v) is 4.63. The third-order valence-corrected chi connectivity index (χ3v) is 6.17. The average Bonchev–Trinajstić information content (AvgIpc) is 3.18. The van der Waals surface area contributed by atoms with E-state index in [0.717, 1.165) is 58.3 Å². The number of likely N-dealkylation sites (tertiary alicyclic amines) is 2. The summed E-state index contributed by atoms with van der Waals surface area (Å²) in [4.78, 5) is 17.7. The highest BCUT2D eigenvalue weighted by molar-refractivity contribution is 5.85. The molecule has 2 aromatic rings. The molecule has 2 saturated heterocycles. The number of rotatable bonds is 5. The molecular weight excluding hydrogens is 368 g/mol. The van der Waals surface area contributed by atoms with Crippen LogP contribution in [0.25, 0.3) is 0 Å². The average molecular weight is 399 g/mol. The van der Waals surface area contributed by atoms with Gasteiger partial charge in [-0.2, -0.15) is 0 Å². The van der Waals surface area contributed by atoms with Crippen molar-refractivity contribution in [2.24, 2.45) is 5.92 Å². The molecule has 1 unspecified atom stereocenters. The molecule has 0 aromatic heterocycles. The van der Waals surface area contributed by atoms with E-state index in [1.165, 1.54) is 11.1 Å². The van der Waals surface area contributed by atoms with Gasteiger partial charge in [0.15, 0.2) is 0 Å². The van der Waals surface area contributed by atoms with Crippen LogP contribution in [-0.4, -0.2) is 41.4 Å². The number of amides is 1. The second-order valence-electron chi connectivity index (χ2n) is 8.07. The molecule has 3 nitrogen and oxygen atoms in total. The molecule has 0 radical (unpaired) electrons. The van der Waals surface area contributed by atoms with Crippen LogP contribution in [0.15, 0.2) is 60.7 Å². The van der Waals surface area contributed by atoms with Crippen LogP contribution in [0, 0.1) is 5.92 Å². The molecule has 28 heavy (non-hydrogen) atoms. The lowest BCUT2D eigenvalue weighted by Crippen LogP contribution is -2.48. The summed E-state index contributed by atoms with van der Waals surface area (Å²) in [7, 11) is 0. The maximum Gasteiger partial charge on any atom is 0.239 e. The zero-order chi connectivity index (χ0) is 18.5. The molecular formula is C24H31ClN2O. The number of carbonyl (C=O) groups excluding carboxylic acids is 1. The van der Waals surface area contributed by atoms with E-state index < -0.39 is 0 Å². The van der Waals surface area contributed by atoms with Gasteiger partial charge in [-0.05, 0) is 55.7 Å². The van der Waals surface area contributed by atoms with Gasteiger partial charge in [0.05, 0.1) is 6.04 Å². The van der Waals surface area contributed by atoms with Crippen LogP contribution in [0.4, 0.5) is 0 Å². The highest BCUT2D eigenvalue weighted by Crippen LogP contribution is 2.26. The van der Waals surface area contributed by atoms with Crippen LogP contribution in [0.2, 0.25) is 0 Å². The van der Waals surface area contributed by atoms with E-state index >= 15 is 0 Å². The lowest BCUT2D eigenvalue weighted by atomic mass is 9.90. The van der Waals surface area contributed by atoms with Crippen LogP contribution in [-0.2, 0) is 17.8 Å². The van der Waals surface area contributed by atoms with Crippen molar-refractivity contribution in [1.29, 1.82) is 0 Å². The van der Waals surface area contributed by atoms with Gasteiger partial charge in [-0.15, -0.1) is 12.4 Å². The topological polar surface area (TPSA) is 23.6 Å². The first-order valence-corrected chi connectivity index (χ1v) is 10.4. The molecule has 2 aliphatic rings. The zero-order valence-electron chi connectivity index (χ0n) is 16.5. The van der Waals surface area contributed by atoms with Crippen LogP contribution >= 0.6 is 12.4 Å². The first kappa shape index (κ1) is 20.9. The SMILES string of the molecule is Cl.O=C(C1CCCN1Cc1ccccc1)N1CCC(Cc2ccccc2)CC1. The third kappa shape index (κ3) is 5.15. The molecule has 0 N–H and O–H groups in total. The van der Waals surface area contributed by atoms with E-state index in [4.69, 9.17) is 0 Å². The van der Waals surface area contributed by atoms with Gasteiger partial charge in [-0.3, -0.25) is 9.69 Å². The van der Waals surface area contributed by atoms with Gasteiger partial charge in [0.25, 0.3) is 0 Å². The molecule has 4 rings (SSSR count). The monoisotopic (exact) mass is 398 g/mol. The Morgan fingerprint density at radius 2 is 1.43 bits per heavy atom. The van der Waals surface area contributed by atoms with E-state index in [9.17, 15) is 4.79 Å². The Morgan fingerprint density at radius 1 is 0.821 bits per heavy atom. The summed E-state index contributed by atoms with van der Waals surface area (Å²) in [6, 6.07) is 21.4. The van der Waals surface area contributed by atoms with Crippen molar-refractivity contribution in [3.8, 4) is 0 Å². The van der Waals surface area contributed by atoms with Crippen molar-refractivity contribution in [3.05, 3.63) is 71.8 Å². The highest BCUT2D eigenvalue weighted by Gasteiger charge is 2.34. The third-order valence-electron chi connectivity index (χ3n) is 6.17. The molecule has 2 aliphatic heterocycles. The van der Waals surface area contributed by atoms with Crippen LogP contribution in [0.5, 0.6) is 0 Å². The number of benzene rings is 2. The second kappa shape index (κ2) is 10.1. The summed E-state index contributed by atoms with van der Waals surface area (Å²) >= 11 is 0. The molecule has 4 heteroatoms. The number of carbonyl (C=O) groups is 1. The summed E-state index contributed by atoms with van der Waals surface area (Å²) in [5.74, 6) is 1.07. The maximum absolute atomic E-state index is 13.2. The molecule has 0 bridgehead atoms. The van der Waals surface area contributed by atoms with Crippen molar-refractivity contribution in [2.75, 3.05) is 19.6 Å². The summed E-state index contributed by atoms with van der Waals surface area (Å²) in [5, 5.41) is 0. The van der Waals surface area contributed by atoms with Crippen molar-refractivity contribution < 1.29 is 4.79 Å². The summed E-state index contributed by atoms with van der Waals surface area (Å²) < 4.78 is 0. The fraction of sp³-hybridized carbons (Fsp3) is 0.458. The van der Waals surface area contributed by atoms with Gasteiger partial charge in [0, 0.05) is 19.6 Å². The molecule has 1 atom stereocenters. The number of piperidine rings is 1. The molecule has 150 valence electrons. The van der Waals surface area contributed by atoms with Crippen molar-refractivity contribution in [1.82, 2.24) is 9.80 Å². The number of hydrogen-bond acceptors (Lipinski definition) is 2. The Hall–Kier alpha value is -1.84. The predicted molar refractivity (Wildman–Crippen MR) is 117 cm³/mol. The minimum atomic E-state index is 0. The second-order valence-corrected chi connectivity index (χ2v) is 8.07. The minimum absolute atomic E-state index is 0. The largest absolute Gasteiger partial charge is 0.341 e. The van der Waals surface area contributed by atoms with Gasteiger partial charge >= 0.3 is 0 Å². The van der Waals surface area contributed by atoms with E-state index in [0.29, 0.717) is 11.8 Å². The Bertz CT molecular complexity index is 729. The Kier molecular flexibility index (Phi) is 7.52. The van der Waals surface area contributed by atoms with Gasteiger partial charge in [-0.1, -0.05) is 60.7 Å². The quantitative estimate of drug-likeness (QED) is 0.737. The normalized spacial score (nSPS) is 20.7.